The summed E-state index contributed by atoms with van der Waals surface area (Å²) >= 11 is 0. The van der Waals surface area contributed by atoms with Crippen LogP contribution in [0.3, 0.4) is 0 Å². The van der Waals surface area contributed by atoms with Gasteiger partial charge in [0.2, 0.25) is 11.8 Å². The van der Waals surface area contributed by atoms with Gasteiger partial charge >= 0.3 is 0 Å². The van der Waals surface area contributed by atoms with Crippen molar-refractivity contribution in [2.45, 2.75) is 38.0 Å². The first-order valence-electron chi connectivity index (χ1n) is 13.2. The summed E-state index contributed by atoms with van der Waals surface area (Å²) in [4.78, 5) is 48.3. The lowest BCUT2D eigenvalue weighted by molar-refractivity contribution is -0.145. The second-order valence-electron chi connectivity index (χ2n) is 10.5. The average Bonchev–Trinajstić information content (AvgIpc) is 3.27. The molecule has 1 spiro atoms. The van der Waals surface area contributed by atoms with E-state index in [1.54, 1.807) is 11.0 Å². The van der Waals surface area contributed by atoms with Crippen LogP contribution in [-0.4, -0.2) is 102 Å². The van der Waals surface area contributed by atoms with E-state index < -0.39 is 11.8 Å². The van der Waals surface area contributed by atoms with Crippen LogP contribution in [0.4, 0.5) is 0 Å². The molecule has 0 bridgehead atoms. The summed E-state index contributed by atoms with van der Waals surface area (Å²) in [6.07, 6.45) is 1.32. The molecule has 0 aliphatic carbocycles. The lowest BCUT2D eigenvalue weighted by Crippen LogP contribution is -2.61. The van der Waals surface area contributed by atoms with Gasteiger partial charge in [0.15, 0.2) is 0 Å². The number of hydrogen-bond donors (Lipinski definition) is 0. The Morgan fingerprint density at radius 1 is 0.892 bits per heavy atom. The number of likely N-dealkylation sites (N-methyl/N-ethyl adjacent to an activating group) is 1. The van der Waals surface area contributed by atoms with Gasteiger partial charge in [-0.15, -0.1) is 0 Å². The fourth-order valence-electron chi connectivity index (χ4n) is 5.70. The van der Waals surface area contributed by atoms with Gasteiger partial charge in [0.05, 0.1) is 13.0 Å². The minimum absolute atomic E-state index is 0.0476. The predicted molar refractivity (Wildman–Crippen MR) is 140 cm³/mol. The van der Waals surface area contributed by atoms with Crippen LogP contribution >= 0.6 is 0 Å². The van der Waals surface area contributed by atoms with E-state index >= 15 is 0 Å². The van der Waals surface area contributed by atoms with E-state index in [-0.39, 0.29) is 24.3 Å². The maximum atomic E-state index is 14.0. The molecule has 2 aromatic carbocycles. The van der Waals surface area contributed by atoms with Crippen molar-refractivity contribution < 1.29 is 19.1 Å². The van der Waals surface area contributed by atoms with E-state index in [9.17, 15) is 14.4 Å². The molecule has 1 unspecified atom stereocenters. The van der Waals surface area contributed by atoms with Gasteiger partial charge < -0.3 is 19.4 Å². The Kier molecular flexibility index (Phi) is 7.31. The number of carbonyl (C=O) groups is 3. The highest BCUT2D eigenvalue weighted by molar-refractivity contribution is 5.98. The van der Waals surface area contributed by atoms with Crippen LogP contribution in [0.15, 0.2) is 54.6 Å². The van der Waals surface area contributed by atoms with Gasteiger partial charge in [0, 0.05) is 57.7 Å². The number of hydrogen-bond acceptors (Lipinski definition) is 5. The minimum Gasteiger partial charge on any atom is -0.353 e. The van der Waals surface area contributed by atoms with Crippen molar-refractivity contribution in [3.05, 3.63) is 71.3 Å². The predicted octanol–water partition coefficient (Wildman–Crippen LogP) is 2.17. The van der Waals surface area contributed by atoms with E-state index in [0.29, 0.717) is 51.0 Å². The van der Waals surface area contributed by atoms with Crippen LogP contribution in [-0.2, 0) is 20.7 Å². The fourth-order valence-corrected chi connectivity index (χ4v) is 5.70. The molecule has 0 saturated carbocycles. The summed E-state index contributed by atoms with van der Waals surface area (Å²) < 4.78 is 6.37. The molecule has 8 nitrogen and oxygen atoms in total. The smallest absolute Gasteiger partial charge is 0.256 e. The Bertz CT molecular complexity index is 1140. The number of rotatable bonds is 4. The van der Waals surface area contributed by atoms with Crippen molar-refractivity contribution in [2.24, 2.45) is 0 Å². The standard InChI is InChI=1S/C29H36N4O4/c1-22-7-6-10-24(19-22)27(35)33-25(28(36)32-17-15-30(2)16-18-32)21-37-29(33)11-13-31(14-12-29)26(34)20-23-8-4-3-5-9-23/h3-10,19,25H,11-18,20-21H2,1-2H3. The average molecular weight is 505 g/mol. The fraction of sp³-hybridized carbons (Fsp3) is 0.483. The number of ether oxygens (including phenoxy) is 1. The monoisotopic (exact) mass is 504 g/mol. The molecular weight excluding hydrogens is 468 g/mol. The van der Waals surface area contributed by atoms with E-state index in [1.165, 1.54) is 0 Å². The van der Waals surface area contributed by atoms with Gasteiger partial charge in [-0.2, -0.15) is 0 Å². The summed E-state index contributed by atoms with van der Waals surface area (Å²) in [5, 5.41) is 0. The molecule has 8 heteroatoms. The highest BCUT2D eigenvalue weighted by atomic mass is 16.5. The molecule has 3 aliphatic rings. The van der Waals surface area contributed by atoms with Gasteiger partial charge in [-0.05, 0) is 31.7 Å². The summed E-state index contributed by atoms with van der Waals surface area (Å²) in [6, 6.07) is 16.6. The number of benzene rings is 2. The zero-order valence-electron chi connectivity index (χ0n) is 21.8. The number of carbonyl (C=O) groups excluding carboxylic acids is 3. The van der Waals surface area contributed by atoms with Crippen molar-refractivity contribution in [3.63, 3.8) is 0 Å². The molecule has 3 amide bonds. The molecule has 3 saturated heterocycles. The first-order chi connectivity index (χ1) is 17.9. The Labute approximate surface area is 218 Å². The highest BCUT2D eigenvalue weighted by Crippen LogP contribution is 2.39. The maximum absolute atomic E-state index is 14.0. The first kappa shape index (κ1) is 25.4. The molecule has 2 aromatic rings. The third kappa shape index (κ3) is 5.26. The molecule has 37 heavy (non-hydrogen) atoms. The van der Waals surface area contributed by atoms with Crippen molar-refractivity contribution >= 4 is 17.7 Å². The van der Waals surface area contributed by atoms with Gasteiger partial charge in [-0.25, -0.2) is 0 Å². The molecule has 196 valence electrons. The zero-order chi connectivity index (χ0) is 26.0. The van der Waals surface area contributed by atoms with Crippen LogP contribution in [0.2, 0.25) is 0 Å². The minimum atomic E-state index is -0.892. The van der Waals surface area contributed by atoms with Crippen molar-refractivity contribution in [1.29, 1.82) is 0 Å². The van der Waals surface area contributed by atoms with Crippen molar-refractivity contribution in [3.8, 4) is 0 Å². The second-order valence-corrected chi connectivity index (χ2v) is 10.5. The SMILES string of the molecule is Cc1cccc(C(=O)N2C(C(=O)N3CCN(C)CC3)COC23CCN(C(=O)Cc2ccccc2)CC3)c1. The first-order valence-corrected chi connectivity index (χ1v) is 13.2. The van der Waals surface area contributed by atoms with E-state index in [4.69, 9.17) is 4.74 Å². The van der Waals surface area contributed by atoms with Crippen molar-refractivity contribution in [2.75, 3.05) is 52.9 Å². The Morgan fingerprint density at radius 2 is 1.59 bits per heavy atom. The summed E-state index contributed by atoms with van der Waals surface area (Å²) in [6.45, 7) is 6.03. The van der Waals surface area contributed by atoms with Gasteiger partial charge in [-0.1, -0.05) is 48.0 Å². The molecule has 1 atom stereocenters. The van der Waals surface area contributed by atoms with E-state index in [1.807, 2.05) is 65.3 Å². The third-order valence-corrected chi connectivity index (χ3v) is 7.94. The van der Waals surface area contributed by atoms with Gasteiger partial charge in [-0.3, -0.25) is 19.3 Å². The topological polar surface area (TPSA) is 73.4 Å². The van der Waals surface area contributed by atoms with Gasteiger partial charge in [0.1, 0.15) is 11.8 Å². The molecule has 5 rings (SSSR count). The summed E-state index contributed by atoms with van der Waals surface area (Å²) in [7, 11) is 2.05. The van der Waals surface area contributed by atoms with E-state index in [2.05, 4.69) is 11.9 Å². The molecule has 0 aromatic heterocycles. The lowest BCUT2D eigenvalue weighted by atomic mass is 9.95. The molecular formula is C29H36N4O4. The molecule has 0 N–H and O–H groups in total. The number of aryl methyl sites for hydroxylation is 1. The van der Waals surface area contributed by atoms with Crippen LogP contribution in [0.25, 0.3) is 0 Å². The van der Waals surface area contributed by atoms with Crippen LogP contribution < -0.4 is 0 Å². The number of piperazine rings is 1. The number of piperidine rings is 1. The number of likely N-dealkylation sites (tertiary alicyclic amines) is 1. The second kappa shape index (κ2) is 10.6. The van der Waals surface area contributed by atoms with E-state index in [0.717, 1.165) is 24.2 Å². The van der Waals surface area contributed by atoms with Gasteiger partial charge in [0.25, 0.3) is 5.91 Å². The molecule has 3 heterocycles. The molecule has 0 radical (unpaired) electrons. The molecule has 3 aliphatic heterocycles. The lowest BCUT2D eigenvalue weighted by Gasteiger charge is -2.45. The van der Waals surface area contributed by atoms with Crippen LogP contribution in [0.1, 0.15) is 34.3 Å². The summed E-state index contributed by atoms with van der Waals surface area (Å²) in [5.41, 5.74) is 1.64. The van der Waals surface area contributed by atoms with Crippen LogP contribution in [0.5, 0.6) is 0 Å². The third-order valence-electron chi connectivity index (χ3n) is 7.94. The largest absolute Gasteiger partial charge is 0.353 e. The van der Waals surface area contributed by atoms with Crippen LogP contribution in [0, 0.1) is 6.92 Å². The number of amides is 3. The zero-order valence-corrected chi connectivity index (χ0v) is 21.8. The Morgan fingerprint density at radius 3 is 2.27 bits per heavy atom. The maximum Gasteiger partial charge on any atom is 0.256 e. The normalized spacial score (nSPS) is 21.9. The number of nitrogens with zero attached hydrogens (tertiary/aromatic N) is 4. The quantitative estimate of drug-likeness (QED) is 0.638. The summed E-state index contributed by atoms with van der Waals surface area (Å²) in [5.74, 6) is -0.160. The van der Waals surface area contributed by atoms with Crippen molar-refractivity contribution in [1.82, 2.24) is 19.6 Å². The molecule has 3 fully saturated rings. The Hall–Kier alpha value is -3.23. The highest BCUT2D eigenvalue weighted by Gasteiger charge is 2.55. The Balaban J connectivity index is 1.36.